The van der Waals surface area contributed by atoms with Gasteiger partial charge in [-0.1, -0.05) is 12.1 Å². The van der Waals surface area contributed by atoms with Crippen molar-refractivity contribution in [3.8, 4) is 0 Å². The van der Waals surface area contributed by atoms with Crippen LogP contribution in [-0.2, 0) is 16.8 Å². The second-order valence-corrected chi connectivity index (χ2v) is 4.78. The van der Waals surface area contributed by atoms with Crippen LogP contribution >= 0.6 is 0 Å². The molecular formula is C9H15N3O2S. The smallest absolute Gasteiger partial charge is 0.298 e. The van der Waals surface area contributed by atoms with Gasteiger partial charge in [0.25, 0.3) is 10.2 Å². The molecule has 0 aliphatic carbocycles. The van der Waals surface area contributed by atoms with Crippen molar-refractivity contribution in [3.05, 3.63) is 29.3 Å². The lowest BCUT2D eigenvalue weighted by molar-refractivity contribution is 0.593. The molecule has 0 bridgehead atoms. The normalized spacial score (nSPS) is 11.4. The van der Waals surface area contributed by atoms with Crippen LogP contribution < -0.4 is 15.2 Å². The fourth-order valence-corrected chi connectivity index (χ4v) is 1.71. The summed E-state index contributed by atoms with van der Waals surface area (Å²) in [5, 5.41) is 0. The largest absolute Gasteiger partial charge is 0.326 e. The van der Waals surface area contributed by atoms with Crippen molar-refractivity contribution in [2.24, 2.45) is 5.73 Å². The molecule has 0 saturated carbocycles. The molecule has 0 aliphatic rings. The Labute approximate surface area is 89.9 Å². The van der Waals surface area contributed by atoms with Gasteiger partial charge in [-0.15, -0.1) is 0 Å². The van der Waals surface area contributed by atoms with E-state index in [4.69, 9.17) is 5.73 Å². The molecule has 4 N–H and O–H groups in total. The molecule has 0 heterocycles. The first-order chi connectivity index (χ1) is 6.98. The lowest BCUT2D eigenvalue weighted by atomic mass is 10.1. The Morgan fingerprint density at radius 3 is 2.60 bits per heavy atom. The lowest BCUT2D eigenvalue weighted by Gasteiger charge is -2.10. The van der Waals surface area contributed by atoms with Crippen LogP contribution in [0.5, 0.6) is 0 Å². The zero-order valence-corrected chi connectivity index (χ0v) is 9.56. The van der Waals surface area contributed by atoms with Crippen LogP contribution in [0, 0.1) is 6.92 Å². The van der Waals surface area contributed by atoms with E-state index in [-0.39, 0.29) is 0 Å². The first-order valence-electron chi connectivity index (χ1n) is 4.49. The molecule has 1 aromatic carbocycles. The Balaban J connectivity index is 3.04. The summed E-state index contributed by atoms with van der Waals surface area (Å²) in [6, 6.07) is 5.42. The average molecular weight is 229 g/mol. The van der Waals surface area contributed by atoms with Crippen molar-refractivity contribution in [1.82, 2.24) is 4.72 Å². The molecule has 1 aromatic rings. The minimum absolute atomic E-state index is 0.383. The molecule has 6 heteroatoms. The number of anilines is 1. The number of rotatable bonds is 4. The third-order valence-electron chi connectivity index (χ3n) is 2.05. The van der Waals surface area contributed by atoms with Gasteiger partial charge >= 0.3 is 0 Å². The Kier molecular flexibility index (Phi) is 3.67. The maximum atomic E-state index is 11.3. The molecule has 84 valence electrons. The van der Waals surface area contributed by atoms with Gasteiger partial charge in [-0.2, -0.15) is 8.42 Å². The predicted molar refractivity (Wildman–Crippen MR) is 60.7 cm³/mol. The summed E-state index contributed by atoms with van der Waals surface area (Å²) in [6.07, 6.45) is 0. The summed E-state index contributed by atoms with van der Waals surface area (Å²) in [6.45, 7) is 2.21. The number of nitrogens with one attached hydrogen (secondary N) is 2. The molecule has 0 atom stereocenters. The van der Waals surface area contributed by atoms with Crippen LogP contribution in [0.2, 0.25) is 0 Å². The first kappa shape index (κ1) is 12.0. The van der Waals surface area contributed by atoms with E-state index >= 15 is 0 Å². The van der Waals surface area contributed by atoms with Gasteiger partial charge in [0, 0.05) is 13.6 Å². The highest BCUT2D eigenvalue weighted by Crippen LogP contribution is 2.17. The molecule has 0 aromatic heterocycles. The van der Waals surface area contributed by atoms with E-state index in [2.05, 4.69) is 9.44 Å². The van der Waals surface area contributed by atoms with E-state index in [1.165, 1.54) is 7.05 Å². The number of hydrogen-bond donors (Lipinski definition) is 3. The van der Waals surface area contributed by atoms with Crippen LogP contribution in [-0.4, -0.2) is 15.5 Å². The highest BCUT2D eigenvalue weighted by molar-refractivity contribution is 7.90. The first-order valence-corrected chi connectivity index (χ1v) is 5.97. The van der Waals surface area contributed by atoms with Crippen molar-refractivity contribution >= 4 is 15.9 Å². The van der Waals surface area contributed by atoms with Gasteiger partial charge in [-0.3, -0.25) is 4.72 Å². The number of nitrogens with two attached hydrogens (primary N) is 1. The third-order valence-corrected chi connectivity index (χ3v) is 3.08. The van der Waals surface area contributed by atoms with Gasteiger partial charge in [0.2, 0.25) is 0 Å². The van der Waals surface area contributed by atoms with Crippen molar-refractivity contribution in [2.45, 2.75) is 13.5 Å². The number of hydrogen-bond acceptors (Lipinski definition) is 3. The molecule has 0 fully saturated rings. The van der Waals surface area contributed by atoms with Gasteiger partial charge in [-0.25, -0.2) is 4.72 Å². The SMILES string of the molecule is CNS(=O)(=O)Nc1cc(CN)ccc1C. The highest BCUT2D eigenvalue weighted by Gasteiger charge is 2.08. The fourth-order valence-electron chi connectivity index (χ4n) is 1.10. The molecule has 0 aliphatic heterocycles. The maximum absolute atomic E-state index is 11.3. The molecule has 0 radical (unpaired) electrons. The van der Waals surface area contributed by atoms with E-state index in [1.54, 1.807) is 6.07 Å². The molecule has 0 spiro atoms. The van der Waals surface area contributed by atoms with E-state index in [0.29, 0.717) is 12.2 Å². The van der Waals surface area contributed by atoms with Gasteiger partial charge in [0.1, 0.15) is 0 Å². The van der Waals surface area contributed by atoms with Gasteiger partial charge in [0.05, 0.1) is 5.69 Å². The summed E-state index contributed by atoms with van der Waals surface area (Å²) in [5.74, 6) is 0. The van der Waals surface area contributed by atoms with Gasteiger partial charge in [-0.05, 0) is 24.1 Å². The van der Waals surface area contributed by atoms with Crippen LogP contribution in [0.15, 0.2) is 18.2 Å². The predicted octanol–water partition coefficient (Wildman–Crippen LogP) is 0.330. The second kappa shape index (κ2) is 4.61. The lowest BCUT2D eigenvalue weighted by Crippen LogP contribution is -2.26. The monoisotopic (exact) mass is 229 g/mol. The molecule has 5 nitrogen and oxygen atoms in total. The van der Waals surface area contributed by atoms with E-state index in [1.807, 2.05) is 19.1 Å². The summed E-state index contributed by atoms with van der Waals surface area (Å²) in [7, 11) is -2.11. The average Bonchev–Trinajstić information content (AvgIpc) is 2.21. The molecule has 15 heavy (non-hydrogen) atoms. The molecule has 1 rings (SSSR count). The summed E-state index contributed by atoms with van der Waals surface area (Å²) >= 11 is 0. The van der Waals surface area contributed by atoms with Crippen molar-refractivity contribution < 1.29 is 8.42 Å². The van der Waals surface area contributed by atoms with Gasteiger partial charge < -0.3 is 5.73 Å². The van der Waals surface area contributed by atoms with E-state index in [9.17, 15) is 8.42 Å². The minimum Gasteiger partial charge on any atom is -0.326 e. The zero-order valence-electron chi connectivity index (χ0n) is 8.74. The topological polar surface area (TPSA) is 84.2 Å². The number of benzene rings is 1. The van der Waals surface area contributed by atoms with Crippen molar-refractivity contribution in [3.63, 3.8) is 0 Å². The third kappa shape index (κ3) is 3.19. The Morgan fingerprint density at radius 1 is 1.40 bits per heavy atom. The quantitative estimate of drug-likeness (QED) is 0.695. The van der Waals surface area contributed by atoms with Crippen LogP contribution in [0.25, 0.3) is 0 Å². The van der Waals surface area contributed by atoms with Crippen molar-refractivity contribution in [1.29, 1.82) is 0 Å². The Bertz CT molecular complexity index is 443. The zero-order chi connectivity index (χ0) is 11.5. The van der Waals surface area contributed by atoms with Crippen LogP contribution in [0.1, 0.15) is 11.1 Å². The van der Waals surface area contributed by atoms with Gasteiger partial charge in [0.15, 0.2) is 0 Å². The summed E-state index contributed by atoms with van der Waals surface area (Å²) in [4.78, 5) is 0. The van der Waals surface area contributed by atoms with E-state index < -0.39 is 10.2 Å². The highest BCUT2D eigenvalue weighted by atomic mass is 32.2. The minimum atomic E-state index is -3.46. The van der Waals surface area contributed by atoms with Crippen molar-refractivity contribution in [2.75, 3.05) is 11.8 Å². The molecular weight excluding hydrogens is 214 g/mol. The molecule has 0 amide bonds. The fraction of sp³-hybridized carbons (Fsp3) is 0.333. The Morgan fingerprint density at radius 2 is 2.07 bits per heavy atom. The maximum Gasteiger partial charge on any atom is 0.298 e. The summed E-state index contributed by atoms with van der Waals surface area (Å²) < 4.78 is 27.1. The Hall–Kier alpha value is -1.11. The van der Waals surface area contributed by atoms with E-state index in [0.717, 1.165) is 11.1 Å². The van der Waals surface area contributed by atoms with Crippen LogP contribution in [0.4, 0.5) is 5.69 Å². The standard InChI is InChI=1S/C9H15N3O2S/c1-7-3-4-8(6-10)5-9(7)12-15(13,14)11-2/h3-5,11-12H,6,10H2,1-2H3. The second-order valence-electron chi connectivity index (χ2n) is 3.16. The van der Waals surface area contributed by atoms with Crippen LogP contribution in [0.3, 0.4) is 0 Å². The molecule has 0 unspecified atom stereocenters. The number of aryl methyl sites for hydroxylation is 1. The summed E-state index contributed by atoms with van der Waals surface area (Å²) in [5.41, 5.74) is 7.76. The molecule has 0 saturated heterocycles.